The summed E-state index contributed by atoms with van der Waals surface area (Å²) in [5, 5.41) is 40.6. The molecule has 2 heterocycles. The Labute approximate surface area is 201 Å². The van der Waals surface area contributed by atoms with Crippen LogP contribution in [0.15, 0.2) is 30.3 Å². The molecule has 4 bridgehead atoms. The normalized spacial score (nSPS) is 46.2. The molecule has 192 valence electrons. The summed E-state index contributed by atoms with van der Waals surface area (Å²) < 4.78 is 29.5. The number of methoxy groups -OCH3 is 1. The van der Waals surface area contributed by atoms with Crippen molar-refractivity contribution in [3.8, 4) is 0 Å². The van der Waals surface area contributed by atoms with Crippen molar-refractivity contribution in [1.82, 2.24) is 0 Å². The van der Waals surface area contributed by atoms with E-state index in [1.165, 1.54) is 7.11 Å². The highest BCUT2D eigenvalue weighted by atomic mass is 16.8. The van der Waals surface area contributed by atoms with E-state index in [0.29, 0.717) is 5.56 Å². The molecule has 35 heavy (non-hydrogen) atoms. The van der Waals surface area contributed by atoms with Gasteiger partial charge in [-0.15, -0.1) is 0 Å². The van der Waals surface area contributed by atoms with Gasteiger partial charge in [0.15, 0.2) is 12.6 Å². The van der Waals surface area contributed by atoms with E-state index in [1.807, 2.05) is 0 Å². The first kappa shape index (κ1) is 24.7. The zero-order valence-electron chi connectivity index (χ0n) is 19.4. The topological polar surface area (TPSA) is 161 Å². The lowest BCUT2D eigenvalue weighted by Gasteiger charge is -2.66. The summed E-state index contributed by atoms with van der Waals surface area (Å²) >= 11 is 0. The number of aliphatic hydroxyl groups is 4. The highest BCUT2D eigenvalue weighted by Crippen LogP contribution is 2.74. The van der Waals surface area contributed by atoms with Gasteiger partial charge < -0.3 is 44.1 Å². The lowest BCUT2D eigenvalue weighted by Crippen LogP contribution is -2.80. The molecule has 5 fully saturated rings. The molecule has 4 N–H and O–H groups in total. The predicted molar refractivity (Wildman–Crippen MR) is 115 cm³/mol. The highest BCUT2D eigenvalue weighted by Gasteiger charge is 2.87. The Morgan fingerprint density at radius 3 is 2.51 bits per heavy atom. The van der Waals surface area contributed by atoms with Crippen molar-refractivity contribution in [1.29, 1.82) is 0 Å². The third kappa shape index (κ3) is 3.27. The van der Waals surface area contributed by atoms with Gasteiger partial charge >= 0.3 is 5.97 Å². The molecule has 5 aliphatic rings. The first-order valence-electron chi connectivity index (χ1n) is 11.6. The Hall–Kier alpha value is -1.96. The maximum atomic E-state index is 13.1. The SMILES string of the molecule is COC1O[C@@]2(C)CC(=O)[C@@H]3C[C@@]2(O[C@@H]2O[C@H](CO)[C@@H](O)[C@H](O)[C@H]2O)[C@]13COC(=O)c1ccccc1. The lowest BCUT2D eigenvalue weighted by atomic mass is 9.41. The van der Waals surface area contributed by atoms with Crippen molar-refractivity contribution in [3.05, 3.63) is 35.9 Å². The number of hydrogen-bond donors (Lipinski definition) is 4. The molecule has 11 heteroatoms. The van der Waals surface area contributed by atoms with Gasteiger partial charge in [-0.25, -0.2) is 4.79 Å². The molecule has 1 aromatic rings. The zero-order chi connectivity index (χ0) is 25.2. The molecule has 0 aromatic heterocycles. The van der Waals surface area contributed by atoms with Gasteiger partial charge in [-0.2, -0.15) is 0 Å². The molecule has 11 nitrogen and oxygen atoms in total. The molecule has 2 saturated heterocycles. The number of carbonyl (C=O) groups is 2. The molecular weight excluding hydrogens is 464 g/mol. The minimum Gasteiger partial charge on any atom is -0.461 e. The Balaban J connectivity index is 1.49. The number of hydrogen-bond acceptors (Lipinski definition) is 11. The number of rotatable bonds is 7. The maximum absolute atomic E-state index is 13.1. The van der Waals surface area contributed by atoms with Gasteiger partial charge in [-0.1, -0.05) is 18.2 Å². The molecule has 2 aliphatic heterocycles. The molecule has 10 atom stereocenters. The number of aliphatic hydroxyl groups excluding tert-OH is 4. The van der Waals surface area contributed by atoms with Crippen LogP contribution in [0.25, 0.3) is 0 Å². The van der Waals surface area contributed by atoms with E-state index in [9.17, 15) is 30.0 Å². The second kappa shape index (κ2) is 8.56. The summed E-state index contributed by atoms with van der Waals surface area (Å²) in [5.74, 6) is -1.28. The van der Waals surface area contributed by atoms with Gasteiger partial charge in [0.2, 0.25) is 0 Å². The van der Waals surface area contributed by atoms with Crippen LogP contribution in [0.1, 0.15) is 30.1 Å². The summed E-state index contributed by atoms with van der Waals surface area (Å²) in [4.78, 5) is 25.8. The largest absolute Gasteiger partial charge is 0.461 e. The maximum Gasteiger partial charge on any atom is 0.338 e. The number of fused-ring (bicyclic) bond motifs is 1. The van der Waals surface area contributed by atoms with Gasteiger partial charge in [0.1, 0.15) is 48.0 Å². The standard InChI is InChI=1S/C24H30O11/c1-22-9-14(26)13-8-24(22,34-20-18(29)17(28)16(27)15(10-25)33-20)23(13,21(31-2)35-22)11-32-19(30)12-6-4-3-5-7-12/h3-7,13,15-18,20-21,25,27-29H,8-11H2,1-2H3/t13-,15+,16+,17-,18+,20-,21?,22-,23-,24-/m0/s1. The minimum atomic E-state index is -1.65. The minimum absolute atomic E-state index is 0.00330. The lowest BCUT2D eigenvalue weighted by molar-refractivity contribution is -0.381. The Bertz CT molecular complexity index is 985. The third-order valence-corrected chi connectivity index (χ3v) is 8.24. The zero-order valence-corrected chi connectivity index (χ0v) is 19.4. The third-order valence-electron chi connectivity index (χ3n) is 8.24. The molecule has 3 aliphatic carbocycles. The van der Waals surface area contributed by atoms with Crippen LogP contribution in [0.5, 0.6) is 0 Å². The van der Waals surface area contributed by atoms with Crippen molar-refractivity contribution < 1.29 is 53.7 Å². The Morgan fingerprint density at radius 2 is 1.86 bits per heavy atom. The van der Waals surface area contributed by atoms with Gasteiger partial charge in [0.05, 0.1) is 17.6 Å². The van der Waals surface area contributed by atoms with Crippen molar-refractivity contribution in [3.63, 3.8) is 0 Å². The van der Waals surface area contributed by atoms with Crippen LogP contribution in [0.4, 0.5) is 0 Å². The van der Waals surface area contributed by atoms with Crippen LogP contribution in [0, 0.1) is 11.3 Å². The van der Waals surface area contributed by atoms with Crippen LogP contribution in [-0.2, 0) is 28.5 Å². The fourth-order valence-electron chi connectivity index (χ4n) is 6.38. The smallest absolute Gasteiger partial charge is 0.338 e. The van der Waals surface area contributed by atoms with Gasteiger partial charge in [0, 0.05) is 19.4 Å². The molecule has 1 unspecified atom stereocenters. The van der Waals surface area contributed by atoms with Crippen molar-refractivity contribution in [2.24, 2.45) is 11.3 Å². The first-order chi connectivity index (χ1) is 16.6. The van der Waals surface area contributed by atoms with E-state index in [4.69, 9.17) is 23.7 Å². The van der Waals surface area contributed by atoms with E-state index in [-0.39, 0.29) is 25.2 Å². The second-order valence-corrected chi connectivity index (χ2v) is 9.94. The molecule has 0 spiro atoms. The fourth-order valence-corrected chi connectivity index (χ4v) is 6.38. The number of ether oxygens (including phenoxy) is 5. The molecule has 1 aromatic carbocycles. The predicted octanol–water partition coefficient (Wildman–Crippen LogP) is -0.861. The van der Waals surface area contributed by atoms with Crippen molar-refractivity contribution in [2.75, 3.05) is 20.3 Å². The average Bonchev–Trinajstić information content (AvgIpc) is 2.93. The Kier molecular flexibility index (Phi) is 6.05. The van der Waals surface area contributed by atoms with E-state index in [1.54, 1.807) is 37.3 Å². The number of esters is 1. The van der Waals surface area contributed by atoms with Crippen LogP contribution in [0.3, 0.4) is 0 Å². The number of ketones is 1. The fraction of sp³-hybridized carbons (Fsp3) is 0.667. The quantitative estimate of drug-likeness (QED) is 0.349. The summed E-state index contributed by atoms with van der Waals surface area (Å²) in [6.07, 6.45) is -8.23. The van der Waals surface area contributed by atoms with Crippen molar-refractivity contribution >= 4 is 11.8 Å². The average molecular weight is 494 g/mol. The second-order valence-electron chi connectivity index (χ2n) is 9.94. The van der Waals surface area contributed by atoms with E-state index < -0.39 is 72.1 Å². The first-order valence-corrected chi connectivity index (χ1v) is 11.6. The van der Waals surface area contributed by atoms with Gasteiger partial charge in [-0.3, -0.25) is 4.79 Å². The summed E-state index contributed by atoms with van der Waals surface area (Å²) in [6, 6.07) is 8.39. The molecule has 0 radical (unpaired) electrons. The van der Waals surface area contributed by atoms with E-state index in [2.05, 4.69) is 0 Å². The van der Waals surface area contributed by atoms with Crippen LogP contribution >= 0.6 is 0 Å². The highest BCUT2D eigenvalue weighted by molar-refractivity contribution is 5.90. The molecule has 6 rings (SSSR count). The summed E-state index contributed by atoms with van der Waals surface area (Å²) in [5.41, 5.74) is -3.41. The number of carbonyl (C=O) groups excluding carboxylic acids is 2. The summed E-state index contributed by atoms with van der Waals surface area (Å²) in [7, 11) is 1.42. The van der Waals surface area contributed by atoms with Crippen LogP contribution in [0.2, 0.25) is 0 Å². The monoisotopic (exact) mass is 494 g/mol. The molecule has 0 amide bonds. The van der Waals surface area contributed by atoms with E-state index in [0.717, 1.165) is 0 Å². The summed E-state index contributed by atoms with van der Waals surface area (Å²) in [6.45, 7) is 0.812. The van der Waals surface area contributed by atoms with Gasteiger partial charge in [-0.05, 0) is 25.5 Å². The molecular formula is C24H30O11. The van der Waals surface area contributed by atoms with Gasteiger partial charge in [0.25, 0.3) is 0 Å². The van der Waals surface area contributed by atoms with Crippen molar-refractivity contribution in [2.45, 2.75) is 68.0 Å². The van der Waals surface area contributed by atoms with Crippen LogP contribution in [-0.4, -0.2) is 101 Å². The molecule has 3 saturated carbocycles. The Morgan fingerprint density at radius 1 is 1.14 bits per heavy atom. The number of Topliss-reactive ketones (excluding diaryl/α,β-unsaturated/α-hetero) is 1. The van der Waals surface area contributed by atoms with Crippen LogP contribution < -0.4 is 0 Å². The van der Waals surface area contributed by atoms with E-state index >= 15 is 0 Å². The number of benzene rings is 1.